The van der Waals surface area contributed by atoms with Gasteiger partial charge in [-0.05, 0) is 18.6 Å². The SMILES string of the molecule is COC(=O)N(C)c1nc2ccccc2[nH]1.N#CCCC(Br)(C#N)CBr. The van der Waals surface area contributed by atoms with Crippen LogP contribution < -0.4 is 4.90 Å². The highest BCUT2D eigenvalue weighted by atomic mass is 79.9. The molecule has 0 spiro atoms. The van der Waals surface area contributed by atoms with Crippen molar-refractivity contribution in [1.29, 1.82) is 10.5 Å². The zero-order valence-electron chi connectivity index (χ0n) is 13.8. The minimum Gasteiger partial charge on any atom is -0.452 e. The number of benzene rings is 1. The van der Waals surface area contributed by atoms with Gasteiger partial charge in [0.1, 0.15) is 4.32 Å². The Kier molecular flexibility index (Phi) is 8.39. The van der Waals surface area contributed by atoms with Gasteiger partial charge in [-0.15, -0.1) is 0 Å². The molecule has 0 aliphatic carbocycles. The topological polar surface area (TPSA) is 106 Å². The number of amides is 1. The van der Waals surface area contributed by atoms with Gasteiger partial charge in [-0.25, -0.2) is 9.78 Å². The Labute approximate surface area is 162 Å². The maximum absolute atomic E-state index is 11.2. The van der Waals surface area contributed by atoms with Gasteiger partial charge in [-0.3, -0.25) is 4.90 Å². The van der Waals surface area contributed by atoms with Crippen molar-refractivity contribution in [2.75, 3.05) is 24.4 Å². The molecule has 0 bridgehead atoms. The Balaban J connectivity index is 0.000000275. The molecule has 0 saturated carbocycles. The van der Waals surface area contributed by atoms with E-state index in [0.29, 0.717) is 24.1 Å². The summed E-state index contributed by atoms with van der Waals surface area (Å²) in [5, 5.41) is 17.4. The van der Waals surface area contributed by atoms with Crippen LogP contribution in [-0.4, -0.2) is 39.9 Å². The van der Waals surface area contributed by atoms with Crippen LogP contribution in [0.1, 0.15) is 12.8 Å². The van der Waals surface area contributed by atoms with E-state index in [1.54, 1.807) is 7.05 Å². The summed E-state index contributed by atoms with van der Waals surface area (Å²) in [6.45, 7) is 0. The van der Waals surface area contributed by atoms with Gasteiger partial charge in [0.15, 0.2) is 0 Å². The first-order valence-electron chi connectivity index (χ1n) is 7.20. The lowest BCUT2D eigenvalue weighted by Gasteiger charge is -2.12. The molecule has 0 aliphatic heterocycles. The van der Waals surface area contributed by atoms with E-state index in [4.69, 9.17) is 10.5 Å². The van der Waals surface area contributed by atoms with Gasteiger partial charge in [-0.1, -0.05) is 44.0 Å². The Morgan fingerprint density at radius 1 is 1.44 bits per heavy atom. The van der Waals surface area contributed by atoms with E-state index in [-0.39, 0.29) is 0 Å². The number of carbonyl (C=O) groups excluding carboxylic acids is 1. The van der Waals surface area contributed by atoms with Crippen molar-refractivity contribution in [3.8, 4) is 12.1 Å². The highest BCUT2D eigenvalue weighted by Gasteiger charge is 2.23. The molecule has 1 aromatic carbocycles. The van der Waals surface area contributed by atoms with E-state index in [1.807, 2.05) is 30.3 Å². The zero-order chi connectivity index (χ0) is 18.9. The lowest BCUT2D eigenvalue weighted by molar-refractivity contribution is 0.180. The second kappa shape index (κ2) is 10.0. The number of hydrogen-bond acceptors (Lipinski definition) is 5. The van der Waals surface area contributed by atoms with Crippen molar-refractivity contribution in [3.63, 3.8) is 0 Å². The van der Waals surface area contributed by atoms with Crippen LogP contribution in [0.3, 0.4) is 0 Å². The molecule has 2 rings (SSSR count). The maximum atomic E-state index is 11.2. The number of ether oxygens (including phenoxy) is 1. The lowest BCUT2D eigenvalue weighted by atomic mass is 10.1. The number of rotatable bonds is 4. The fourth-order valence-electron chi connectivity index (χ4n) is 1.73. The van der Waals surface area contributed by atoms with Crippen LogP contribution in [-0.2, 0) is 4.74 Å². The summed E-state index contributed by atoms with van der Waals surface area (Å²) < 4.78 is 4.04. The molecule has 132 valence electrons. The number of fused-ring (bicyclic) bond motifs is 1. The molecule has 1 heterocycles. The third kappa shape index (κ3) is 6.04. The van der Waals surface area contributed by atoms with Gasteiger partial charge < -0.3 is 9.72 Å². The number of para-hydroxylation sites is 2. The smallest absolute Gasteiger partial charge is 0.416 e. The lowest BCUT2D eigenvalue weighted by Crippen LogP contribution is -2.26. The third-order valence-electron chi connectivity index (χ3n) is 3.19. The van der Waals surface area contributed by atoms with Crippen LogP contribution >= 0.6 is 31.9 Å². The van der Waals surface area contributed by atoms with Crippen molar-refractivity contribution < 1.29 is 9.53 Å². The molecule has 1 N–H and O–H groups in total. The first kappa shape index (κ1) is 20.9. The molecule has 9 heteroatoms. The normalized spacial score (nSPS) is 12.1. The molecule has 7 nitrogen and oxygen atoms in total. The largest absolute Gasteiger partial charge is 0.452 e. The van der Waals surface area contributed by atoms with Gasteiger partial charge in [0, 0.05) is 18.8 Å². The zero-order valence-corrected chi connectivity index (χ0v) is 17.0. The molecule has 1 amide bonds. The number of nitriles is 2. The minimum atomic E-state index is -0.553. The number of nitrogens with one attached hydrogen (secondary N) is 1. The summed E-state index contributed by atoms with van der Waals surface area (Å²) in [4.78, 5) is 19.8. The van der Waals surface area contributed by atoms with Crippen molar-refractivity contribution in [2.45, 2.75) is 17.2 Å². The first-order chi connectivity index (χ1) is 11.9. The maximum Gasteiger partial charge on any atom is 0.416 e. The van der Waals surface area contributed by atoms with Crippen molar-refractivity contribution in [3.05, 3.63) is 24.3 Å². The predicted molar refractivity (Wildman–Crippen MR) is 103 cm³/mol. The summed E-state index contributed by atoms with van der Waals surface area (Å²) in [6.07, 6.45) is 0.518. The van der Waals surface area contributed by atoms with E-state index >= 15 is 0 Å². The Morgan fingerprint density at radius 2 is 2.12 bits per heavy atom. The standard InChI is InChI=1S/C10H11N3O2.C6H6Br2N2/c1-13(10(14)15-2)9-11-7-5-3-4-6-8(7)12-9;7-4-6(8,5-10)2-1-3-9/h3-6H,1-2H3,(H,11,12);1-2,4H2. The minimum absolute atomic E-state index is 0.407. The average molecular weight is 471 g/mol. The number of nitrogens with zero attached hydrogens (tertiary/aromatic N) is 4. The Morgan fingerprint density at radius 3 is 2.64 bits per heavy atom. The second-order valence-electron chi connectivity index (χ2n) is 4.98. The number of alkyl halides is 2. The Bertz CT molecular complexity index is 763. The number of carbonyl (C=O) groups is 1. The molecule has 0 radical (unpaired) electrons. The average Bonchev–Trinajstić information content (AvgIpc) is 3.09. The molecule has 0 saturated heterocycles. The molecule has 1 atom stereocenters. The van der Waals surface area contributed by atoms with Gasteiger partial charge in [0.2, 0.25) is 5.95 Å². The van der Waals surface area contributed by atoms with Crippen LogP contribution in [0.15, 0.2) is 24.3 Å². The molecule has 25 heavy (non-hydrogen) atoms. The Hall–Kier alpha value is -2.10. The highest BCUT2D eigenvalue weighted by molar-refractivity contribution is 9.12. The predicted octanol–water partition coefficient (Wildman–Crippen LogP) is 4.11. The summed E-state index contributed by atoms with van der Waals surface area (Å²) in [5.41, 5.74) is 1.71. The molecule has 2 aromatic rings. The van der Waals surface area contributed by atoms with Crippen molar-refractivity contribution >= 4 is 54.9 Å². The fraction of sp³-hybridized carbons (Fsp3) is 0.375. The first-order valence-corrected chi connectivity index (χ1v) is 9.11. The number of methoxy groups -OCH3 is 1. The van der Waals surface area contributed by atoms with Crippen LogP contribution in [0, 0.1) is 22.7 Å². The van der Waals surface area contributed by atoms with Crippen molar-refractivity contribution in [1.82, 2.24) is 9.97 Å². The number of H-pyrrole nitrogens is 1. The molecular weight excluding hydrogens is 454 g/mol. The number of anilines is 1. The van der Waals surface area contributed by atoms with Crippen LogP contribution in [0.2, 0.25) is 0 Å². The van der Waals surface area contributed by atoms with Crippen LogP contribution in [0.4, 0.5) is 10.7 Å². The van der Waals surface area contributed by atoms with Gasteiger partial charge in [0.05, 0.1) is 30.3 Å². The molecular formula is C16H17Br2N5O2. The molecule has 1 aromatic heterocycles. The number of imidazole rings is 1. The number of hydrogen-bond donors (Lipinski definition) is 1. The molecule has 0 fully saturated rings. The monoisotopic (exact) mass is 469 g/mol. The second-order valence-corrected chi connectivity index (χ2v) is 7.05. The summed E-state index contributed by atoms with van der Waals surface area (Å²) in [7, 11) is 2.94. The number of halogens is 2. The highest BCUT2D eigenvalue weighted by Crippen LogP contribution is 2.25. The molecule has 1 unspecified atom stereocenters. The molecule has 0 aliphatic rings. The van der Waals surface area contributed by atoms with Gasteiger partial charge in [0.25, 0.3) is 0 Å². The van der Waals surface area contributed by atoms with E-state index in [2.05, 4.69) is 52.6 Å². The summed E-state index contributed by atoms with van der Waals surface area (Å²) in [5.74, 6) is 0.475. The van der Waals surface area contributed by atoms with Gasteiger partial charge >= 0.3 is 6.09 Å². The number of aromatic amines is 1. The van der Waals surface area contributed by atoms with E-state index in [0.717, 1.165) is 11.0 Å². The van der Waals surface area contributed by atoms with E-state index in [9.17, 15) is 4.79 Å². The van der Waals surface area contributed by atoms with Crippen LogP contribution in [0.25, 0.3) is 11.0 Å². The van der Waals surface area contributed by atoms with E-state index < -0.39 is 10.4 Å². The van der Waals surface area contributed by atoms with Gasteiger partial charge in [-0.2, -0.15) is 10.5 Å². The van der Waals surface area contributed by atoms with Crippen LogP contribution in [0.5, 0.6) is 0 Å². The summed E-state index contributed by atoms with van der Waals surface area (Å²) >= 11 is 6.41. The summed E-state index contributed by atoms with van der Waals surface area (Å²) in [6, 6.07) is 11.6. The fourth-order valence-corrected chi connectivity index (χ4v) is 2.33. The van der Waals surface area contributed by atoms with E-state index in [1.165, 1.54) is 12.0 Å². The quantitative estimate of drug-likeness (QED) is 0.676. The third-order valence-corrected chi connectivity index (χ3v) is 5.75. The number of aromatic nitrogens is 2. The van der Waals surface area contributed by atoms with Crippen molar-refractivity contribution in [2.24, 2.45) is 0 Å².